The minimum atomic E-state index is -0.339. The average Bonchev–Trinajstić information content (AvgIpc) is 2.81. The largest absolute Gasteiger partial charge is 0.489 e. The molecule has 124 valence electrons. The van der Waals surface area contributed by atoms with E-state index in [2.05, 4.69) is 12.1 Å². The molecule has 1 aliphatic rings. The summed E-state index contributed by atoms with van der Waals surface area (Å²) in [7, 11) is 1.39. The molecule has 1 unspecified atom stereocenters. The summed E-state index contributed by atoms with van der Waals surface area (Å²) in [6.07, 6.45) is 1.66. The summed E-state index contributed by atoms with van der Waals surface area (Å²) < 4.78 is 10.7. The molecule has 0 aromatic heterocycles. The molecule has 0 saturated carbocycles. The third-order valence-corrected chi connectivity index (χ3v) is 4.58. The minimum Gasteiger partial charge on any atom is -0.489 e. The Bertz CT molecular complexity index is 753. The van der Waals surface area contributed by atoms with Crippen LogP contribution in [0.4, 0.5) is 0 Å². The van der Waals surface area contributed by atoms with Crippen LogP contribution in [0.1, 0.15) is 33.8 Å². The van der Waals surface area contributed by atoms with E-state index in [1.807, 2.05) is 30.3 Å². The Hall–Kier alpha value is -2.26. The van der Waals surface area contributed by atoms with Gasteiger partial charge in [0.15, 0.2) is 0 Å². The predicted molar refractivity (Wildman–Crippen MR) is 94.7 cm³/mol. The fourth-order valence-electron chi connectivity index (χ4n) is 3.06. The van der Waals surface area contributed by atoms with Crippen molar-refractivity contribution in [2.24, 2.45) is 0 Å². The van der Waals surface area contributed by atoms with Crippen molar-refractivity contribution in [3.05, 3.63) is 76.3 Å². The second kappa shape index (κ2) is 7.54. The molecule has 1 aliphatic heterocycles. The van der Waals surface area contributed by atoms with Gasteiger partial charge in [0.05, 0.1) is 12.7 Å². The fourth-order valence-corrected chi connectivity index (χ4v) is 3.21. The van der Waals surface area contributed by atoms with E-state index in [-0.39, 0.29) is 11.9 Å². The highest BCUT2D eigenvalue weighted by Crippen LogP contribution is 2.38. The number of halogens is 1. The van der Waals surface area contributed by atoms with Gasteiger partial charge in [0.2, 0.25) is 0 Å². The van der Waals surface area contributed by atoms with E-state index in [4.69, 9.17) is 21.1 Å². The Morgan fingerprint density at radius 1 is 1.29 bits per heavy atom. The number of benzene rings is 2. The standard InChI is InChI=1S/C20H19ClO3/c1-23-20(22)16-7-8-19-18(11-16)17(10-15(12-21)13-24-19)9-14-5-3-2-4-6-14/h2-8,11-12,17H,9-10,13H2,1H3/b15-12+. The van der Waals surface area contributed by atoms with Crippen LogP contribution in [0.5, 0.6) is 5.75 Å². The molecule has 0 aliphatic carbocycles. The first-order valence-corrected chi connectivity index (χ1v) is 8.32. The zero-order valence-corrected chi connectivity index (χ0v) is 14.3. The molecule has 0 spiro atoms. The van der Waals surface area contributed by atoms with E-state index < -0.39 is 0 Å². The Kier molecular flexibility index (Phi) is 5.21. The Morgan fingerprint density at radius 2 is 2.08 bits per heavy atom. The van der Waals surface area contributed by atoms with E-state index in [0.29, 0.717) is 12.2 Å². The van der Waals surface area contributed by atoms with E-state index in [1.165, 1.54) is 12.7 Å². The molecular weight excluding hydrogens is 324 g/mol. The first-order valence-electron chi connectivity index (χ1n) is 7.88. The minimum absolute atomic E-state index is 0.194. The molecule has 0 N–H and O–H groups in total. The molecule has 3 rings (SSSR count). The summed E-state index contributed by atoms with van der Waals surface area (Å²) in [4.78, 5) is 11.9. The van der Waals surface area contributed by atoms with Crippen molar-refractivity contribution < 1.29 is 14.3 Å². The highest BCUT2D eigenvalue weighted by Gasteiger charge is 2.24. The maximum Gasteiger partial charge on any atom is 0.337 e. The zero-order chi connectivity index (χ0) is 16.9. The van der Waals surface area contributed by atoms with Crippen molar-refractivity contribution in [1.82, 2.24) is 0 Å². The Balaban J connectivity index is 2.00. The number of methoxy groups -OCH3 is 1. The molecule has 2 aromatic rings. The molecule has 0 fully saturated rings. The maximum atomic E-state index is 11.9. The summed E-state index contributed by atoms with van der Waals surface area (Å²) in [5, 5.41) is 0. The van der Waals surface area contributed by atoms with Crippen molar-refractivity contribution in [1.29, 1.82) is 0 Å². The maximum absolute atomic E-state index is 11.9. The van der Waals surface area contributed by atoms with Gasteiger partial charge in [0, 0.05) is 5.54 Å². The van der Waals surface area contributed by atoms with Gasteiger partial charge in [0.1, 0.15) is 12.4 Å². The number of hydrogen-bond donors (Lipinski definition) is 0. The number of fused-ring (bicyclic) bond motifs is 1. The number of rotatable bonds is 3. The van der Waals surface area contributed by atoms with E-state index in [9.17, 15) is 4.79 Å². The van der Waals surface area contributed by atoms with Crippen molar-refractivity contribution >= 4 is 17.6 Å². The van der Waals surface area contributed by atoms with Crippen LogP contribution in [-0.4, -0.2) is 19.7 Å². The van der Waals surface area contributed by atoms with Crippen molar-refractivity contribution in [2.45, 2.75) is 18.8 Å². The van der Waals surface area contributed by atoms with E-state index in [0.717, 1.165) is 29.7 Å². The average molecular weight is 343 g/mol. The second-order valence-corrected chi connectivity index (χ2v) is 6.11. The number of esters is 1. The number of ether oxygens (including phenoxy) is 2. The molecule has 0 bridgehead atoms. The van der Waals surface area contributed by atoms with Gasteiger partial charge in [-0.25, -0.2) is 4.79 Å². The summed E-state index contributed by atoms with van der Waals surface area (Å²) in [5.74, 6) is 0.658. The quantitative estimate of drug-likeness (QED) is 0.758. The Labute approximate surface area is 146 Å². The zero-order valence-electron chi connectivity index (χ0n) is 13.5. The van der Waals surface area contributed by atoms with Gasteiger partial charge < -0.3 is 9.47 Å². The van der Waals surface area contributed by atoms with Crippen LogP contribution in [0, 0.1) is 0 Å². The van der Waals surface area contributed by atoms with E-state index in [1.54, 1.807) is 11.6 Å². The second-order valence-electron chi connectivity index (χ2n) is 5.89. The summed E-state index contributed by atoms with van der Waals surface area (Å²) in [6.45, 7) is 0.472. The smallest absolute Gasteiger partial charge is 0.337 e. The monoisotopic (exact) mass is 342 g/mol. The van der Waals surface area contributed by atoms with Crippen LogP contribution >= 0.6 is 11.6 Å². The summed E-state index contributed by atoms with van der Waals surface area (Å²) >= 11 is 5.95. The predicted octanol–water partition coefficient (Wildman–Crippen LogP) is 4.70. The first-order chi connectivity index (χ1) is 11.7. The highest BCUT2D eigenvalue weighted by molar-refractivity contribution is 6.25. The lowest BCUT2D eigenvalue weighted by Crippen LogP contribution is -2.07. The topological polar surface area (TPSA) is 35.5 Å². The lowest BCUT2D eigenvalue weighted by Gasteiger charge is -2.18. The SMILES string of the molecule is COC(=O)c1ccc2c(c1)C(Cc1ccccc1)C/C(=C\Cl)CO2. The van der Waals surface area contributed by atoms with Gasteiger partial charge >= 0.3 is 5.97 Å². The lowest BCUT2D eigenvalue weighted by atomic mass is 9.86. The third kappa shape index (κ3) is 3.62. The van der Waals surface area contributed by atoms with Crippen molar-refractivity contribution in [2.75, 3.05) is 13.7 Å². The van der Waals surface area contributed by atoms with Gasteiger partial charge in [-0.2, -0.15) is 0 Å². The van der Waals surface area contributed by atoms with Gasteiger partial charge in [-0.3, -0.25) is 0 Å². The first kappa shape index (κ1) is 16.6. The third-order valence-electron chi connectivity index (χ3n) is 4.27. The van der Waals surface area contributed by atoms with Crippen LogP contribution in [0.3, 0.4) is 0 Å². The molecule has 0 amide bonds. The fraction of sp³-hybridized carbons (Fsp3) is 0.250. The molecule has 0 radical (unpaired) electrons. The molecule has 24 heavy (non-hydrogen) atoms. The van der Waals surface area contributed by atoms with Gasteiger partial charge in [-0.15, -0.1) is 0 Å². The number of hydrogen-bond acceptors (Lipinski definition) is 3. The van der Waals surface area contributed by atoms with Gasteiger partial charge in [-0.05, 0) is 53.7 Å². The molecule has 1 atom stereocenters. The lowest BCUT2D eigenvalue weighted by molar-refractivity contribution is 0.0600. The molecule has 0 saturated heterocycles. The Morgan fingerprint density at radius 3 is 2.79 bits per heavy atom. The molecule has 4 heteroatoms. The van der Waals surface area contributed by atoms with E-state index >= 15 is 0 Å². The van der Waals surface area contributed by atoms with Crippen molar-refractivity contribution in [3.8, 4) is 5.75 Å². The van der Waals surface area contributed by atoms with Gasteiger partial charge in [-0.1, -0.05) is 41.9 Å². The summed E-state index contributed by atoms with van der Waals surface area (Å²) in [5.41, 5.74) is 5.46. The molecule has 2 aromatic carbocycles. The van der Waals surface area contributed by atoms with Crippen LogP contribution in [0.15, 0.2) is 59.6 Å². The normalized spacial score (nSPS) is 18.4. The number of carbonyl (C=O) groups is 1. The van der Waals surface area contributed by atoms with Crippen LogP contribution in [0.2, 0.25) is 0 Å². The number of carbonyl (C=O) groups excluding carboxylic acids is 1. The molecular formula is C20H19ClO3. The molecule has 3 nitrogen and oxygen atoms in total. The molecule has 1 heterocycles. The van der Waals surface area contributed by atoms with Crippen LogP contribution < -0.4 is 4.74 Å². The van der Waals surface area contributed by atoms with Crippen LogP contribution in [0.25, 0.3) is 0 Å². The summed E-state index contributed by atoms with van der Waals surface area (Å²) in [6, 6.07) is 15.8. The van der Waals surface area contributed by atoms with Crippen molar-refractivity contribution in [3.63, 3.8) is 0 Å². The van der Waals surface area contributed by atoms with Gasteiger partial charge in [0.25, 0.3) is 0 Å². The highest BCUT2D eigenvalue weighted by atomic mass is 35.5. The van der Waals surface area contributed by atoms with Crippen LogP contribution in [-0.2, 0) is 11.2 Å².